The molecule has 0 spiro atoms. The Balaban J connectivity index is 0.00000220. The van der Waals surface area contributed by atoms with Crippen molar-refractivity contribution in [3.8, 4) is 0 Å². The van der Waals surface area contributed by atoms with Gasteiger partial charge in [0.25, 0.3) is 5.91 Å². The van der Waals surface area contributed by atoms with Gasteiger partial charge in [0.2, 0.25) is 0 Å². The largest absolute Gasteiger partial charge is 0.348 e. The van der Waals surface area contributed by atoms with Gasteiger partial charge in [-0.1, -0.05) is 25.5 Å². The van der Waals surface area contributed by atoms with Gasteiger partial charge in [-0.3, -0.25) is 4.79 Å². The van der Waals surface area contributed by atoms with E-state index in [9.17, 15) is 24.2 Å². The number of hydrogen-bond acceptors (Lipinski definition) is 2. The molecule has 2 N–H and O–H groups in total. The zero-order valence-electron chi connectivity index (χ0n) is 10.6. The van der Waals surface area contributed by atoms with Crippen LogP contribution in [0.3, 0.4) is 0 Å². The second kappa shape index (κ2) is 4.99. The van der Waals surface area contributed by atoms with E-state index < -0.39 is 26.6 Å². The van der Waals surface area contributed by atoms with Crippen LogP contribution in [0.5, 0.6) is 0 Å². The summed E-state index contributed by atoms with van der Waals surface area (Å²) in [6.45, 7) is 1.20. The van der Waals surface area contributed by atoms with Crippen LogP contribution < -0.4 is 10.6 Å². The van der Waals surface area contributed by atoms with Gasteiger partial charge in [-0.05, 0) is 31.2 Å². The molecular weight excluding hydrogens is 339 g/mol. The van der Waals surface area contributed by atoms with Crippen LogP contribution in [-0.2, 0) is 0 Å². The van der Waals surface area contributed by atoms with Gasteiger partial charge in [0.1, 0.15) is 4.90 Å². The van der Waals surface area contributed by atoms with E-state index >= 15 is 0 Å². The molecule has 122 valence electrons. The summed E-state index contributed by atoms with van der Waals surface area (Å²) in [5.41, 5.74) is -0.428. The maximum absolute atomic E-state index is 12.7. The summed E-state index contributed by atoms with van der Waals surface area (Å²) in [7, 11) is -9.75. The van der Waals surface area contributed by atoms with Gasteiger partial charge in [0.05, 0.1) is 0 Å². The normalized spacial score (nSPS) is 21.9. The molecule has 1 saturated heterocycles. The minimum atomic E-state index is -9.75. The van der Waals surface area contributed by atoms with Gasteiger partial charge in [-0.25, -0.2) is 0 Å². The quantitative estimate of drug-likeness (QED) is 0.811. The highest BCUT2D eigenvalue weighted by Gasteiger charge is 2.65. The molecule has 0 bridgehead atoms. The van der Waals surface area contributed by atoms with Crippen LogP contribution in [-0.4, -0.2) is 25.0 Å². The summed E-state index contributed by atoms with van der Waals surface area (Å²) in [6.07, 6.45) is 0.646. The lowest BCUT2D eigenvalue weighted by Crippen LogP contribution is -2.36. The lowest BCUT2D eigenvalue weighted by Gasteiger charge is -2.40. The van der Waals surface area contributed by atoms with Crippen LogP contribution in [0.25, 0.3) is 0 Å². The highest BCUT2D eigenvalue weighted by atomic mass is 35.5. The molecule has 1 fully saturated rings. The minimum absolute atomic E-state index is 0. The molecule has 1 aromatic carbocycles. The topological polar surface area (TPSA) is 41.1 Å². The smallest absolute Gasteiger partial charge is 0.310 e. The van der Waals surface area contributed by atoms with Gasteiger partial charge >= 0.3 is 10.2 Å². The van der Waals surface area contributed by atoms with E-state index in [1.54, 1.807) is 0 Å². The molecule has 2 rings (SSSR count). The van der Waals surface area contributed by atoms with Crippen molar-refractivity contribution in [1.82, 2.24) is 10.6 Å². The van der Waals surface area contributed by atoms with Crippen LogP contribution in [0.4, 0.5) is 19.4 Å². The SMILES string of the molecule is Cl.O=C(N[C@@H]1CCNC1)c1cccc(S(F)(F)(F)(F)F)c1. The minimum Gasteiger partial charge on any atom is -0.348 e. The molecule has 0 aliphatic carbocycles. The summed E-state index contributed by atoms with van der Waals surface area (Å²) >= 11 is 0. The lowest BCUT2D eigenvalue weighted by molar-refractivity contribution is 0.0940. The average molecular weight is 353 g/mol. The van der Waals surface area contributed by atoms with Crippen molar-refractivity contribution in [2.75, 3.05) is 13.1 Å². The number of carbonyl (C=O) groups excluding carboxylic acids is 1. The third-order valence-electron chi connectivity index (χ3n) is 2.94. The molecule has 1 amide bonds. The fourth-order valence-corrected chi connectivity index (χ4v) is 2.61. The van der Waals surface area contributed by atoms with Crippen LogP contribution in [0.1, 0.15) is 16.8 Å². The molecule has 21 heavy (non-hydrogen) atoms. The number of amides is 1. The van der Waals surface area contributed by atoms with E-state index in [2.05, 4.69) is 10.6 Å². The Morgan fingerprint density at radius 2 is 1.90 bits per heavy atom. The molecular formula is C11H14ClF5N2OS. The Morgan fingerprint density at radius 1 is 1.24 bits per heavy atom. The maximum Gasteiger partial charge on any atom is 0.310 e. The highest BCUT2D eigenvalue weighted by Crippen LogP contribution is 3.02. The molecule has 1 heterocycles. The summed E-state index contributed by atoms with van der Waals surface area (Å²) < 4.78 is 63.3. The number of rotatable bonds is 3. The predicted molar refractivity (Wildman–Crippen MR) is 73.8 cm³/mol. The number of hydrogen-bond donors (Lipinski definition) is 2. The number of nitrogens with one attached hydrogen (secondary N) is 2. The van der Waals surface area contributed by atoms with E-state index in [-0.39, 0.29) is 30.6 Å². The van der Waals surface area contributed by atoms with Crippen molar-refractivity contribution in [3.63, 3.8) is 0 Å². The Kier molecular flexibility index (Phi) is 4.28. The monoisotopic (exact) mass is 352 g/mol. The molecule has 0 radical (unpaired) electrons. The third-order valence-corrected chi connectivity index (χ3v) is 4.08. The first-order chi connectivity index (χ1) is 8.95. The highest BCUT2D eigenvalue weighted by molar-refractivity contribution is 8.45. The molecule has 3 nitrogen and oxygen atoms in total. The maximum atomic E-state index is 12.7. The standard InChI is InChI=1S/C11H13F5N2OS.ClH/c12-20(13,14,15,16)10-3-1-2-8(6-10)11(19)18-9-4-5-17-7-9;/h1-3,6,9,17H,4-5,7H2,(H,18,19);1H/t9-;/m1./s1. The van der Waals surface area contributed by atoms with Crippen LogP contribution in [0.2, 0.25) is 0 Å². The first-order valence-electron chi connectivity index (χ1n) is 5.81. The van der Waals surface area contributed by atoms with E-state index in [1.165, 1.54) is 0 Å². The second-order valence-corrected chi connectivity index (χ2v) is 7.07. The van der Waals surface area contributed by atoms with Gasteiger partial charge in [-0.2, -0.15) is 0 Å². The molecule has 1 atom stereocenters. The van der Waals surface area contributed by atoms with E-state index in [0.717, 1.165) is 12.1 Å². The molecule has 10 heteroatoms. The van der Waals surface area contributed by atoms with Crippen molar-refractivity contribution < 1.29 is 24.2 Å². The first kappa shape index (κ1) is 18.0. The molecule has 0 unspecified atom stereocenters. The summed E-state index contributed by atoms with van der Waals surface area (Å²) in [5, 5.41) is 5.47. The third kappa shape index (κ3) is 4.72. The average Bonchev–Trinajstić information content (AvgIpc) is 2.79. The zero-order chi connectivity index (χ0) is 15.1. The Hall–Kier alpha value is -1.06. The van der Waals surface area contributed by atoms with Crippen molar-refractivity contribution in [2.45, 2.75) is 17.4 Å². The lowest BCUT2D eigenvalue weighted by atomic mass is 10.2. The fraction of sp³-hybridized carbons (Fsp3) is 0.364. The molecule has 1 aromatic rings. The number of carbonyl (C=O) groups is 1. The van der Waals surface area contributed by atoms with Crippen molar-refractivity contribution in [2.24, 2.45) is 0 Å². The summed E-state index contributed by atoms with van der Waals surface area (Å²) in [4.78, 5) is 9.70. The number of benzene rings is 1. The zero-order valence-corrected chi connectivity index (χ0v) is 12.3. The van der Waals surface area contributed by atoms with E-state index in [1.807, 2.05) is 0 Å². The molecule has 0 saturated carbocycles. The van der Waals surface area contributed by atoms with E-state index in [4.69, 9.17) is 0 Å². The van der Waals surface area contributed by atoms with Crippen LogP contribution in [0.15, 0.2) is 29.2 Å². The summed E-state index contributed by atoms with van der Waals surface area (Å²) in [5.74, 6) is -0.789. The van der Waals surface area contributed by atoms with Gasteiger partial charge in [0.15, 0.2) is 0 Å². The Morgan fingerprint density at radius 3 is 2.43 bits per heavy atom. The molecule has 0 aromatic heterocycles. The number of halogens is 6. The first-order valence-corrected chi connectivity index (χ1v) is 7.76. The molecule has 1 aliphatic heterocycles. The fourth-order valence-electron chi connectivity index (χ4n) is 1.92. The van der Waals surface area contributed by atoms with Crippen molar-refractivity contribution in [3.05, 3.63) is 29.8 Å². The molecule has 1 aliphatic rings. The Labute approximate surface area is 124 Å². The van der Waals surface area contributed by atoms with Gasteiger partial charge in [0, 0.05) is 18.2 Å². The van der Waals surface area contributed by atoms with E-state index in [0.29, 0.717) is 19.5 Å². The van der Waals surface area contributed by atoms with Crippen LogP contribution in [0, 0.1) is 0 Å². The van der Waals surface area contributed by atoms with Gasteiger partial charge in [-0.15, -0.1) is 12.4 Å². The van der Waals surface area contributed by atoms with Crippen LogP contribution >= 0.6 is 22.6 Å². The Bertz CT molecular complexity index is 545. The van der Waals surface area contributed by atoms with Gasteiger partial charge < -0.3 is 10.6 Å². The predicted octanol–water partition coefficient (Wildman–Crippen LogP) is 3.86. The van der Waals surface area contributed by atoms with Crippen molar-refractivity contribution in [1.29, 1.82) is 0 Å². The van der Waals surface area contributed by atoms with Crippen molar-refractivity contribution >= 4 is 28.5 Å². The summed E-state index contributed by atoms with van der Waals surface area (Å²) in [6, 6.07) is 2.14. The second-order valence-electron chi connectivity index (χ2n) is 4.66.